The van der Waals surface area contributed by atoms with Crippen LogP contribution < -0.4 is 10.6 Å². The molecule has 18 heteroatoms. The third-order valence-corrected chi connectivity index (χ3v) is 14.0. The number of aromatic nitrogens is 4. The van der Waals surface area contributed by atoms with Crippen LogP contribution in [0.2, 0.25) is 0 Å². The highest BCUT2D eigenvalue weighted by atomic mass is 32.1. The van der Waals surface area contributed by atoms with Crippen LogP contribution in [-0.4, -0.2) is 149 Å². The minimum absolute atomic E-state index is 0.0137. The zero-order valence-corrected chi connectivity index (χ0v) is 36.4. The number of morpholine rings is 1. The standard InChI is InChI=1S/C45H54N10O7S/c1-27(2)34-17-35(38(58)18-37(34)57)42(59)55-22-29-4-3-28(15-30(29)23-55)21-51-7-5-45(61,6-8-51)43(60)54-10-9-53(32(24-54)26-56)25-33-16-36-39(63-33)41(52-11-13-62-14-12-52)50-40(49-36)31-19-47-44(46)48-20-31/h3-4,15-20,27,32,56-58,61H,5-14,21-26H2,1-2H3,(H2,46,47,48)/t32-/m0/s1. The molecule has 6 N–H and O–H groups in total. The normalized spacial score (nSPS) is 19.6. The Morgan fingerprint density at radius 3 is 2.38 bits per heavy atom. The number of nitrogens with two attached hydrogens (primary N) is 1. The van der Waals surface area contributed by atoms with Crippen molar-refractivity contribution < 1.29 is 34.8 Å². The molecular formula is C45H54N10O7S. The summed E-state index contributed by atoms with van der Waals surface area (Å²) in [6.45, 7) is 10.8. The van der Waals surface area contributed by atoms with Crippen molar-refractivity contribution >= 4 is 45.1 Å². The molecule has 4 aliphatic rings. The minimum atomic E-state index is -1.49. The van der Waals surface area contributed by atoms with Gasteiger partial charge in [-0.3, -0.25) is 19.4 Å². The maximum atomic E-state index is 14.0. The van der Waals surface area contributed by atoms with E-state index in [0.717, 1.165) is 37.6 Å². The second-order valence-corrected chi connectivity index (χ2v) is 18.6. The Morgan fingerprint density at radius 2 is 1.65 bits per heavy atom. The van der Waals surface area contributed by atoms with Gasteiger partial charge in [-0.25, -0.2) is 19.9 Å². The van der Waals surface area contributed by atoms with Crippen molar-refractivity contribution in [3.05, 3.63) is 81.5 Å². The number of nitrogen functional groups attached to an aromatic ring is 1. The Bertz CT molecular complexity index is 2500. The molecule has 63 heavy (non-hydrogen) atoms. The van der Waals surface area contributed by atoms with Crippen molar-refractivity contribution in [3.63, 3.8) is 0 Å². The van der Waals surface area contributed by atoms with E-state index in [4.69, 9.17) is 20.4 Å². The number of piperidine rings is 1. The lowest BCUT2D eigenvalue weighted by molar-refractivity contribution is -0.160. The van der Waals surface area contributed by atoms with E-state index in [1.54, 1.807) is 39.6 Å². The predicted octanol–water partition coefficient (Wildman–Crippen LogP) is 3.29. The number of aliphatic hydroxyl groups excluding tert-OH is 1. The SMILES string of the molecule is CC(C)c1cc(C(=O)N2Cc3ccc(CN4CCC(O)(C(=O)N5CCN(Cc6cc7nc(-c8cnc(N)nc8)nc(N8CCOCC8)c7s6)[C@H](CO)C5)CC4)cc3C2)c(O)cc1O. The number of aliphatic hydroxyl groups is 2. The van der Waals surface area contributed by atoms with Crippen LogP contribution in [0.4, 0.5) is 11.8 Å². The summed E-state index contributed by atoms with van der Waals surface area (Å²) in [5.74, 6) is 0.675. The zero-order valence-electron chi connectivity index (χ0n) is 35.6. The van der Waals surface area contributed by atoms with Gasteiger partial charge in [0, 0.05) is 95.3 Å². The molecule has 9 rings (SSSR count). The number of hydrogen-bond acceptors (Lipinski definition) is 16. The van der Waals surface area contributed by atoms with Gasteiger partial charge in [0.15, 0.2) is 11.6 Å². The number of anilines is 2. The van der Waals surface area contributed by atoms with Gasteiger partial charge < -0.3 is 45.6 Å². The van der Waals surface area contributed by atoms with E-state index in [-0.39, 0.29) is 53.4 Å². The summed E-state index contributed by atoms with van der Waals surface area (Å²) in [4.78, 5) is 56.8. The summed E-state index contributed by atoms with van der Waals surface area (Å²) >= 11 is 1.63. The first-order valence-electron chi connectivity index (χ1n) is 21.6. The molecule has 7 heterocycles. The van der Waals surface area contributed by atoms with Crippen molar-refractivity contribution in [3.8, 4) is 22.9 Å². The first-order valence-corrected chi connectivity index (χ1v) is 22.4. The number of aromatic hydroxyl groups is 2. The van der Waals surface area contributed by atoms with Gasteiger partial charge in [-0.2, -0.15) is 0 Å². The average Bonchev–Trinajstić information content (AvgIpc) is 3.91. The molecule has 0 bridgehead atoms. The Hall–Kier alpha value is -5.50. The Kier molecular flexibility index (Phi) is 11.9. The molecule has 2 aromatic carbocycles. The fourth-order valence-corrected chi connectivity index (χ4v) is 10.3. The van der Waals surface area contributed by atoms with Crippen molar-refractivity contribution in [1.82, 2.24) is 39.5 Å². The third-order valence-electron chi connectivity index (χ3n) is 12.9. The summed E-state index contributed by atoms with van der Waals surface area (Å²) < 4.78 is 6.59. The van der Waals surface area contributed by atoms with Gasteiger partial charge in [-0.05, 0) is 53.1 Å². The van der Waals surface area contributed by atoms with Crippen molar-refractivity contribution in [2.75, 3.05) is 76.3 Å². The van der Waals surface area contributed by atoms with Crippen LogP contribution in [0.3, 0.4) is 0 Å². The van der Waals surface area contributed by atoms with E-state index in [1.165, 1.54) is 6.07 Å². The molecule has 3 saturated heterocycles. The van der Waals surface area contributed by atoms with Gasteiger partial charge in [0.25, 0.3) is 11.8 Å². The Labute approximate surface area is 369 Å². The number of piperazine rings is 1. The van der Waals surface area contributed by atoms with Gasteiger partial charge in [0.2, 0.25) is 5.95 Å². The minimum Gasteiger partial charge on any atom is -0.508 e. The van der Waals surface area contributed by atoms with E-state index in [0.29, 0.717) is 115 Å². The highest BCUT2D eigenvalue weighted by Gasteiger charge is 2.44. The number of carbonyl (C=O) groups excluding carboxylic acids is 2. The van der Waals surface area contributed by atoms with Crippen LogP contribution in [-0.2, 0) is 35.7 Å². The number of phenolic OH excluding ortho intramolecular Hbond substituents is 2. The molecule has 5 aromatic rings. The first kappa shape index (κ1) is 42.8. The lowest BCUT2D eigenvalue weighted by Gasteiger charge is -2.45. The van der Waals surface area contributed by atoms with E-state index < -0.39 is 5.60 Å². The number of likely N-dealkylation sites (tertiary alicyclic amines) is 1. The number of phenols is 2. The average molecular weight is 879 g/mol. The quantitative estimate of drug-likeness (QED) is 0.136. The Balaban J connectivity index is 0.806. The summed E-state index contributed by atoms with van der Waals surface area (Å²) in [7, 11) is 0. The molecular weight excluding hydrogens is 825 g/mol. The van der Waals surface area contributed by atoms with E-state index in [1.807, 2.05) is 19.9 Å². The summed E-state index contributed by atoms with van der Waals surface area (Å²) in [6.07, 6.45) is 3.85. The number of nitrogens with zero attached hydrogens (tertiary/aromatic N) is 9. The summed E-state index contributed by atoms with van der Waals surface area (Å²) in [5, 5.41) is 43.1. The molecule has 0 saturated carbocycles. The van der Waals surface area contributed by atoms with Crippen LogP contribution in [0.25, 0.3) is 21.6 Å². The van der Waals surface area contributed by atoms with Crippen molar-refractivity contribution in [2.45, 2.75) is 70.4 Å². The second-order valence-electron chi connectivity index (χ2n) is 17.4. The number of thiophene rings is 1. The molecule has 17 nitrogen and oxygen atoms in total. The van der Waals surface area contributed by atoms with Crippen molar-refractivity contribution in [2.24, 2.45) is 0 Å². The first-order chi connectivity index (χ1) is 30.3. The maximum Gasteiger partial charge on any atom is 0.258 e. The topological polar surface area (TPSA) is 218 Å². The van der Waals surface area contributed by atoms with E-state index in [2.05, 4.69) is 42.9 Å². The fourth-order valence-electron chi connectivity index (χ4n) is 9.21. The van der Waals surface area contributed by atoms with Gasteiger partial charge in [0.05, 0.1) is 47.2 Å². The zero-order chi connectivity index (χ0) is 44.0. The fraction of sp³-hybridized carbons (Fsp3) is 0.467. The molecule has 2 amide bonds. The highest BCUT2D eigenvalue weighted by molar-refractivity contribution is 7.19. The second kappa shape index (κ2) is 17.6. The number of rotatable bonds is 10. The van der Waals surface area contributed by atoms with Gasteiger partial charge in [0.1, 0.15) is 17.1 Å². The van der Waals surface area contributed by atoms with Crippen LogP contribution in [0, 0.1) is 0 Å². The third kappa shape index (κ3) is 8.75. The van der Waals surface area contributed by atoms with Crippen molar-refractivity contribution in [1.29, 1.82) is 0 Å². The molecule has 3 fully saturated rings. The molecule has 0 spiro atoms. The van der Waals surface area contributed by atoms with Gasteiger partial charge in [-0.15, -0.1) is 11.3 Å². The van der Waals surface area contributed by atoms with Gasteiger partial charge >= 0.3 is 0 Å². The maximum absolute atomic E-state index is 14.0. The van der Waals surface area contributed by atoms with Crippen LogP contribution >= 0.6 is 11.3 Å². The molecule has 332 valence electrons. The number of hydrogen-bond donors (Lipinski definition) is 5. The van der Waals surface area contributed by atoms with E-state index in [9.17, 15) is 30.0 Å². The number of ether oxygens (including phenoxy) is 1. The molecule has 0 unspecified atom stereocenters. The lowest BCUT2D eigenvalue weighted by atomic mass is 9.89. The van der Waals surface area contributed by atoms with E-state index >= 15 is 0 Å². The highest BCUT2D eigenvalue weighted by Crippen LogP contribution is 2.37. The molecule has 3 aromatic heterocycles. The van der Waals surface area contributed by atoms with Crippen LogP contribution in [0.5, 0.6) is 11.5 Å². The molecule has 0 aliphatic carbocycles. The molecule has 1 atom stereocenters. The summed E-state index contributed by atoms with van der Waals surface area (Å²) in [5.41, 5.74) is 9.69. The Morgan fingerprint density at radius 1 is 0.905 bits per heavy atom. The number of amides is 2. The number of benzene rings is 2. The smallest absolute Gasteiger partial charge is 0.258 e. The number of fused-ring (bicyclic) bond motifs is 2. The van der Waals surface area contributed by atoms with Crippen LogP contribution in [0.15, 0.2) is 48.8 Å². The number of carbonyl (C=O) groups is 2. The van der Waals surface area contributed by atoms with Crippen LogP contribution in [0.1, 0.15) is 70.1 Å². The largest absolute Gasteiger partial charge is 0.508 e. The predicted molar refractivity (Wildman–Crippen MR) is 237 cm³/mol. The lowest BCUT2D eigenvalue weighted by Crippen LogP contribution is -2.61. The summed E-state index contributed by atoms with van der Waals surface area (Å²) in [6, 6.07) is 10.8. The molecule has 4 aliphatic heterocycles. The molecule has 0 radical (unpaired) electrons. The monoisotopic (exact) mass is 878 g/mol. The van der Waals surface area contributed by atoms with Gasteiger partial charge in [-0.1, -0.05) is 32.0 Å².